The summed E-state index contributed by atoms with van der Waals surface area (Å²) < 4.78 is 13.1. The van der Waals surface area contributed by atoms with Crippen molar-refractivity contribution in [2.24, 2.45) is 0 Å². The molecule has 4 aliphatic rings. The molecule has 0 unspecified atom stereocenters. The van der Waals surface area contributed by atoms with Crippen LogP contribution >= 0.6 is 0 Å². The number of rotatable bonds is 0. The van der Waals surface area contributed by atoms with Gasteiger partial charge < -0.3 is 19.3 Å². The first kappa shape index (κ1) is 21.9. The van der Waals surface area contributed by atoms with Crippen LogP contribution in [0.5, 0.6) is 23.0 Å². The highest BCUT2D eigenvalue weighted by atomic mass is 16.5. The second kappa shape index (κ2) is 7.55. The Morgan fingerprint density at radius 1 is 0.512 bits per heavy atom. The normalized spacial score (nSPS) is 14.3. The zero-order valence-corrected chi connectivity index (χ0v) is 22.8. The van der Waals surface area contributed by atoms with Gasteiger partial charge in [-0.1, -0.05) is 72.8 Å². The summed E-state index contributed by atoms with van der Waals surface area (Å²) in [6, 6.07) is 40.5. The number of pyridine rings is 1. The zero-order chi connectivity index (χ0) is 27.8. The Morgan fingerprint density at radius 3 is 1.86 bits per heavy atom. The topological polar surface area (TPSA) is 37.8 Å². The lowest BCUT2D eigenvalue weighted by Gasteiger charge is -2.47. The van der Waals surface area contributed by atoms with Crippen molar-refractivity contribution in [3.8, 4) is 23.0 Å². The quantitative estimate of drug-likeness (QED) is 0.143. The van der Waals surface area contributed by atoms with Crippen molar-refractivity contribution in [1.82, 2.24) is 4.98 Å². The number of anilines is 6. The van der Waals surface area contributed by atoms with Gasteiger partial charge in [0.25, 0.3) is 6.71 Å². The Balaban J connectivity index is 1.38. The Morgan fingerprint density at radius 2 is 1.12 bits per heavy atom. The van der Waals surface area contributed by atoms with Crippen molar-refractivity contribution < 1.29 is 9.47 Å². The van der Waals surface area contributed by atoms with E-state index >= 15 is 0 Å². The number of ether oxygens (including phenoxy) is 2. The molecule has 6 heteroatoms. The van der Waals surface area contributed by atoms with Crippen molar-refractivity contribution >= 4 is 78.9 Å². The minimum Gasteiger partial charge on any atom is -0.453 e. The van der Waals surface area contributed by atoms with E-state index in [1.165, 1.54) is 21.8 Å². The number of aromatic nitrogens is 1. The minimum absolute atomic E-state index is 0.0252. The lowest BCUT2D eigenvalue weighted by atomic mass is 9.33. The van der Waals surface area contributed by atoms with Crippen molar-refractivity contribution in [1.29, 1.82) is 0 Å². The minimum atomic E-state index is -0.0252. The van der Waals surface area contributed by atoms with Gasteiger partial charge in [-0.05, 0) is 64.2 Å². The highest BCUT2D eigenvalue weighted by Crippen LogP contribution is 2.57. The average Bonchev–Trinajstić information content (AvgIpc) is 3.06. The molecular weight excluding hydrogens is 529 g/mol. The fraction of sp³-hybridized carbons (Fsp3) is 0. The first-order chi connectivity index (χ1) is 21.3. The van der Waals surface area contributed by atoms with Gasteiger partial charge in [0.2, 0.25) is 0 Å². The van der Waals surface area contributed by atoms with Crippen LogP contribution in [-0.2, 0) is 0 Å². The monoisotopic (exact) mass is 549 g/mol. The van der Waals surface area contributed by atoms with Crippen molar-refractivity contribution in [3.63, 3.8) is 0 Å². The highest BCUT2D eigenvalue weighted by molar-refractivity contribution is 7.00. The summed E-state index contributed by atoms with van der Waals surface area (Å²) >= 11 is 0. The summed E-state index contributed by atoms with van der Waals surface area (Å²) in [5, 5.41) is 3.43. The summed E-state index contributed by atoms with van der Waals surface area (Å²) in [6.07, 6.45) is 2.02. The van der Waals surface area contributed by atoms with Gasteiger partial charge in [0, 0.05) is 22.7 Å². The summed E-state index contributed by atoms with van der Waals surface area (Å²) in [5.74, 6) is 3.42. The largest absolute Gasteiger partial charge is 0.453 e. The van der Waals surface area contributed by atoms with Crippen LogP contribution in [0.3, 0.4) is 0 Å². The third-order valence-corrected chi connectivity index (χ3v) is 9.41. The molecular formula is C37H20BN3O2. The van der Waals surface area contributed by atoms with Gasteiger partial charge in [-0.25, -0.2) is 0 Å². The molecule has 7 aromatic rings. The molecule has 43 heavy (non-hydrogen) atoms. The average molecular weight is 549 g/mol. The Labute approximate surface area is 247 Å². The lowest BCUT2D eigenvalue weighted by molar-refractivity contribution is 0.477. The van der Waals surface area contributed by atoms with Gasteiger partial charge in [0.1, 0.15) is 0 Å². The van der Waals surface area contributed by atoms with Crippen LogP contribution < -0.4 is 35.7 Å². The third-order valence-electron chi connectivity index (χ3n) is 9.41. The lowest BCUT2D eigenvalue weighted by Crippen LogP contribution is -2.62. The molecule has 5 heterocycles. The van der Waals surface area contributed by atoms with Crippen molar-refractivity contribution in [2.75, 3.05) is 9.80 Å². The van der Waals surface area contributed by atoms with E-state index in [1.54, 1.807) is 0 Å². The number of hydrogen-bond acceptors (Lipinski definition) is 5. The summed E-state index contributed by atoms with van der Waals surface area (Å²) in [7, 11) is 0. The van der Waals surface area contributed by atoms with Crippen LogP contribution in [0.2, 0.25) is 0 Å². The molecule has 198 valence electrons. The van der Waals surface area contributed by atoms with Gasteiger partial charge in [0.15, 0.2) is 23.0 Å². The first-order valence-electron chi connectivity index (χ1n) is 14.6. The Hall–Kier alpha value is -5.75. The molecule has 0 fully saturated rings. The first-order valence-corrected chi connectivity index (χ1v) is 14.6. The van der Waals surface area contributed by atoms with Crippen molar-refractivity contribution in [2.45, 2.75) is 0 Å². The summed E-state index contributed by atoms with van der Waals surface area (Å²) in [4.78, 5) is 10.0. The van der Waals surface area contributed by atoms with E-state index in [0.29, 0.717) is 0 Å². The number of benzene rings is 6. The highest BCUT2D eigenvalue weighted by Gasteiger charge is 2.48. The molecule has 0 amide bonds. The molecule has 1 aromatic heterocycles. The maximum absolute atomic E-state index is 6.58. The molecule has 4 aliphatic heterocycles. The maximum Gasteiger partial charge on any atom is 0.252 e. The molecule has 11 rings (SSSR count). The van der Waals surface area contributed by atoms with E-state index in [0.717, 1.165) is 73.4 Å². The maximum atomic E-state index is 6.58. The predicted molar refractivity (Wildman–Crippen MR) is 173 cm³/mol. The predicted octanol–water partition coefficient (Wildman–Crippen LogP) is 7.68. The fourth-order valence-electron chi connectivity index (χ4n) is 7.76. The number of para-hydroxylation sites is 6. The van der Waals surface area contributed by atoms with E-state index in [4.69, 9.17) is 14.5 Å². The fourth-order valence-corrected chi connectivity index (χ4v) is 7.76. The number of hydrogen-bond donors (Lipinski definition) is 0. The van der Waals surface area contributed by atoms with Crippen LogP contribution in [0.1, 0.15) is 0 Å². The molecule has 0 N–H and O–H groups in total. The third kappa shape index (κ3) is 2.59. The van der Waals surface area contributed by atoms with Gasteiger partial charge >= 0.3 is 0 Å². The van der Waals surface area contributed by atoms with Crippen LogP contribution in [0.4, 0.5) is 34.1 Å². The van der Waals surface area contributed by atoms with E-state index < -0.39 is 0 Å². The molecule has 0 aliphatic carbocycles. The van der Waals surface area contributed by atoms with E-state index in [2.05, 4.69) is 113 Å². The van der Waals surface area contributed by atoms with Gasteiger partial charge in [0.05, 0.1) is 34.0 Å². The zero-order valence-electron chi connectivity index (χ0n) is 22.8. The van der Waals surface area contributed by atoms with Crippen molar-refractivity contribution in [3.05, 3.63) is 121 Å². The van der Waals surface area contributed by atoms with Gasteiger partial charge in [-0.2, -0.15) is 0 Å². The van der Waals surface area contributed by atoms with Crippen LogP contribution in [-0.4, -0.2) is 11.7 Å². The van der Waals surface area contributed by atoms with E-state index in [9.17, 15) is 0 Å². The standard InChI is InChI=1S/C37H20BN3O2/c1-2-10-22-21(9-1)20-39-34-23(22)19-28-33-37(34)41-27-14-4-6-16-30(27)43-32-18-8-12-25(36(32)41)38(33)24-11-7-17-31-35(24)40(28)26-13-3-5-15-29(26)42-31/h1-20H. The molecule has 0 bridgehead atoms. The SMILES string of the molecule is c1ccc2c(c1)Oc1cccc3c1N2c1cc2c(ncc4ccccc42)c2c1B3c1cccc3c1N2c1ccccc1O3. The number of fused-ring (bicyclic) bond motifs is 12. The number of nitrogens with zero attached hydrogens (tertiary/aromatic N) is 3. The Bertz CT molecular complexity index is 2390. The summed E-state index contributed by atoms with van der Waals surface area (Å²) in [6.45, 7) is -0.0252. The second-order valence-corrected chi connectivity index (χ2v) is 11.5. The van der Waals surface area contributed by atoms with Gasteiger partial charge in [-0.15, -0.1) is 0 Å². The molecule has 5 nitrogen and oxygen atoms in total. The second-order valence-electron chi connectivity index (χ2n) is 11.5. The molecule has 0 atom stereocenters. The molecule has 6 aromatic carbocycles. The molecule has 0 saturated carbocycles. The van der Waals surface area contributed by atoms with E-state index in [1.807, 2.05) is 18.3 Å². The van der Waals surface area contributed by atoms with Gasteiger partial charge in [-0.3, -0.25) is 4.98 Å². The molecule has 0 radical (unpaired) electrons. The van der Waals surface area contributed by atoms with Crippen LogP contribution in [0.25, 0.3) is 21.7 Å². The molecule has 0 saturated heterocycles. The Kier molecular flexibility index (Phi) is 3.85. The van der Waals surface area contributed by atoms with Crippen LogP contribution in [0.15, 0.2) is 121 Å². The van der Waals surface area contributed by atoms with E-state index in [-0.39, 0.29) is 6.71 Å². The summed E-state index contributed by atoms with van der Waals surface area (Å²) in [5.41, 5.74) is 11.2. The smallest absolute Gasteiger partial charge is 0.252 e. The molecule has 0 spiro atoms. The van der Waals surface area contributed by atoms with Crippen LogP contribution in [0, 0.1) is 0 Å².